The molecule has 3 aromatic carbocycles. The first-order valence-corrected chi connectivity index (χ1v) is 10.3. The Labute approximate surface area is 177 Å². The zero-order chi connectivity index (χ0) is 21.1. The van der Waals surface area contributed by atoms with Gasteiger partial charge in [-0.3, -0.25) is 4.57 Å². The Morgan fingerprint density at radius 1 is 0.933 bits per heavy atom. The number of nitrogens with zero attached hydrogens (tertiary/aromatic N) is 3. The zero-order valence-corrected chi connectivity index (χ0v) is 17.3. The van der Waals surface area contributed by atoms with E-state index in [0.29, 0.717) is 22.3 Å². The first kappa shape index (κ1) is 20.1. The summed E-state index contributed by atoms with van der Waals surface area (Å²) < 4.78 is 34.3. The van der Waals surface area contributed by atoms with Gasteiger partial charge in [0.15, 0.2) is 11.0 Å². The second-order valence-electron chi connectivity index (χ2n) is 6.72. The third-order valence-electron chi connectivity index (χ3n) is 4.63. The van der Waals surface area contributed by atoms with Gasteiger partial charge >= 0.3 is 0 Å². The molecule has 0 saturated carbocycles. The molecule has 0 radical (unpaired) electrons. The van der Waals surface area contributed by atoms with Gasteiger partial charge in [0, 0.05) is 17.4 Å². The molecule has 0 aliphatic carbocycles. The minimum atomic E-state index is -0.593. The molecule has 0 N–H and O–H groups in total. The van der Waals surface area contributed by atoms with Crippen LogP contribution in [0.4, 0.5) is 8.78 Å². The van der Waals surface area contributed by atoms with Crippen molar-refractivity contribution in [3.8, 4) is 22.8 Å². The van der Waals surface area contributed by atoms with Gasteiger partial charge < -0.3 is 4.74 Å². The number of thioether (sulfide) groups is 1. The maximum absolute atomic E-state index is 13.5. The Bertz CT molecular complexity index is 1160. The first-order chi connectivity index (χ1) is 14.5. The third kappa shape index (κ3) is 4.21. The van der Waals surface area contributed by atoms with E-state index in [-0.39, 0.29) is 0 Å². The molecule has 0 spiro atoms. The van der Waals surface area contributed by atoms with E-state index in [2.05, 4.69) is 10.2 Å². The molecule has 0 unspecified atom stereocenters. The molecule has 0 saturated heterocycles. The average Bonchev–Trinajstić information content (AvgIpc) is 3.15. The molecule has 30 heavy (non-hydrogen) atoms. The molecule has 4 aromatic rings. The van der Waals surface area contributed by atoms with E-state index in [1.54, 1.807) is 7.11 Å². The van der Waals surface area contributed by atoms with Crippen molar-refractivity contribution in [2.75, 3.05) is 7.11 Å². The number of hydrogen-bond acceptors (Lipinski definition) is 4. The zero-order valence-electron chi connectivity index (χ0n) is 16.5. The van der Waals surface area contributed by atoms with Crippen LogP contribution in [0.5, 0.6) is 5.75 Å². The van der Waals surface area contributed by atoms with Gasteiger partial charge in [0.05, 0.1) is 12.8 Å². The van der Waals surface area contributed by atoms with Crippen LogP contribution in [0.1, 0.15) is 11.1 Å². The number of aryl methyl sites for hydroxylation is 1. The molecular weight excluding hydrogens is 404 g/mol. The standard InChI is InChI=1S/C23H19F2N3OS/c1-15-5-3-4-6-21(15)28-22(17-7-9-20(29-2)10-8-17)26-27-23(28)30-14-16-11-18(24)13-19(25)12-16/h3-13H,14H2,1-2H3. The molecule has 0 fully saturated rings. The van der Waals surface area contributed by atoms with Crippen molar-refractivity contribution in [2.24, 2.45) is 0 Å². The summed E-state index contributed by atoms with van der Waals surface area (Å²) in [7, 11) is 1.62. The predicted molar refractivity (Wildman–Crippen MR) is 114 cm³/mol. The molecule has 0 amide bonds. The molecule has 1 heterocycles. The second-order valence-corrected chi connectivity index (χ2v) is 7.67. The minimum Gasteiger partial charge on any atom is -0.497 e. The van der Waals surface area contributed by atoms with Crippen molar-refractivity contribution in [2.45, 2.75) is 17.8 Å². The van der Waals surface area contributed by atoms with Crippen LogP contribution >= 0.6 is 11.8 Å². The topological polar surface area (TPSA) is 39.9 Å². The summed E-state index contributed by atoms with van der Waals surface area (Å²) in [6.45, 7) is 2.02. The molecule has 4 rings (SSSR count). The molecule has 0 bridgehead atoms. The largest absolute Gasteiger partial charge is 0.497 e. The van der Waals surface area contributed by atoms with Crippen LogP contribution in [0.25, 0.3) is 17.1 Å². The SMILES string of the molecule is COc1ccc(-c2nnc(SCc3cc(F)cc(F)c3)n2-c2ccccc2C)cc1. The van der Waals surface area contributed by atoms with Gasteiger partial charge in [0.25, 0.3) is 0 Å². The van der Waals surface area contributed by atoms with Gasteiger partial charge in [-0.1, -0.05) is 30.0 Å². The Balaban J connectivity index is 1.74. The number of halogens is 2. The molecule has 1 aromatic heterocycles. The number of para-hydroxylation sites is 1. The van der Waals surface area contributed by atoms with E-state index < -0.39 is 11.6 Å². The lowest BCUT2D eigenvalue weighted by molar-refractivity contribution is 0.415. The van der Waals surface area contributed by atoms with Crippen LogP contribution in [-0.2, 0) is 5.75 Å². The number of rotatable bonds is 6. The summed E-state index contributed by atoms with van der Waals surface area (Å²) in [6.07, 6.45) is 0. The van der Waals surface area contributed by atoms with Gasteiger partial charge in [-0.2, -0.15) is 0 Å². The smallest absolute Gasteiger partial charge is 0.196 e. The highest BCUT2D eigenvalue weighted by Gasteiger charge is 2.18. The third-order valence-corrected chi connectivity index (χ3v) is 5.63. The fourth-order valence-corrected chi connectivity index (χ4v) is 4.04. The van der Waals surface area contributed by atoms with Gasteiger partial charge in [-0.25, -0.2) is 8.78 Å². The predicted octanol–water partition coefficient (Wildman–Crippen LogP) is 5.82. The fraction of sp³-hybridized carbons (Fsp3) is 0.130. The summed E-state index contributed by atoms with van der Waals surface area (Å²) >= 11 is 1.38. The van der Waals surface area contributed by atoms with Crippen LogP contribution in [0.3, 0.4) is 0 Å². The van der Waals surface area contributed by atoms with Gasteiger partial charge in [0.1, 0.15) is 17.4 Å². The highest BCUT2D eigenvalue weighted by atomic mass is 32.2. The fourth-order valence-electron chi connectivity index (χ4n) is 3.16. The maximum Gasteiger partial charge on any atom is 0.196 e. The van der Waals surface area contributed by atoms with E-state index in [0.717, 1.165) is 28.6 Å². The van der Waals surface area contributed by atoms with Crippen LogP contribution in [0.2, 0.25) is 0 Å². The molecular formula is C23H19F2N3OS. The number of benzene rings is 3. The summed E-state index contributed by atoms with van der Waals surface area (Å²) in [5.74, 6) is 0.611. The normalized spacial score (nSPS) is 10.9. The second kappa shape index (κ2) is 8.67. The molecule has 0 aliphatic heterocycles. The molecule has 4 nitrogen and oxygen atoms in total. The van der Waals surface area contributed by atoms with Crippen LogP contribution in [0, 0.1) is 18.6 Å². The van der Waals surface area contributed by atoms with Gasteiger partial charge in [0.2, 0.25) is 0 Å². The van der Waals surface area contributed by atoms with E-state index >= 15 is 0 Å². The Kier molecular flexibility index (Phi) is 5.81. The van der Waals surface area contributed by atoms with E-state index in [9.17, 15) is 8.78 Å². The number of ether oxygens (including phenoxy) is 1. The van der Waals surface area contributed by atoms with E-state index in [1.165, 1.54) is 23.9 Å². The molecule has 7 heteroatoms. The molecule has 0 aliphatic rings. The Morgan fingerprint density at radius 2 is 1.63 bits per heavy atom. The van der Waals surface area contributed by atoms with Crippen molar-refractivity contribution in [3.63, 3.8) is 0 Å². The first-order valence-electron chi connectivity index (χ1n) is 9.29. The number of hydrogen-bond donors (Lipinski definition) is 0. The summed E-state index contributed by atoms with van der Waals surface area (Å²) in [6, 6.07) is 19.1. The van der Waals surface area contributed by atoms with Crippen molar-refractivity contribution < 1.29 is 13.5 Å². The van der Waals surface area contributed by atoms with Crippen LogP contribution in [-0.4, -0.2) is 21.9 Å². The quantitative estimate of drug-likeness (QED) is 0.366. The lowest BCUT2D eigenvalue weighted by Crippen LogP contribution is -2.02. The van der Waals surface area contributed by atoms with Crippen molar-refractivity contribution in [1.29, 1.82) is 0 Å². The minimum absolute atomic E-state index is 0.362. The van der Waals surface area contributed by atoms with E-state index in [1.807, 2.05) is 60.0 Å². The average molecular weight is 423 g/mol. The lowest BCUT2D eigenvalue weighted by Gasteiger charge is -2.13. The highest BCUT2D eigenvalue weighted by molar-refractivity contribution is 7.98. The van der Waals surface area contributed by atoms with Crippen LogP contribution in [0.15, 0.2) is 71.9 Å². The summed E-state index contributed by atoms with van der Waals surface area (Å²) in [4.78, 5) is 0. The molecule has 152 valence electrons. The lowest BCUT2D eigenvalue weighted by atomic mass is 10.1. The summed E-state index contributed by atoms with van der Waals surface area (Å²) in [5.41, 5.74) is 3.44. The number of methoxy groups -OCH3 is 1. The van der Waals surface area contributed by atoms with Gasteiger partial charge in [-0.15, -0.1) is 10.2 Å². The molecule has 0 atom stereocenters. The van der Waals surface area contributed by atoms with Crippen molar-refractivity contribution >= 4 is 11.8 Å². The summed E-state index contributed by atoms with van der Waals surface area (Å²) in [5, 5.41) is 9.42. The Hall–Kier alpha value is -3.19. The van der Waals surface area contributed by atoms with Crippen LogP contribution < -0.4 is 4.74 Å². The maximum atomic E-state index is 13.5. The number of aromatic nitrogens is 3. The van der Waals surface area contributed by atoms with Crippen molar-refractivity contribution in [3.05, 3.63) is 89.5 Å². The van der Waals surface area contributed by atoms with Gasteiger partial charge in [-0.05, 0) is 60.5 Å². The monoisotopic (exact) mass is 423 g/mol. The Morgan fingerprint density at radius 3 is 2.30 bits per heavy atom. The van der Waals surface area contributed by atoms with Crippen molar-refractivity contribution in [1.82, 2.24) is 14.8 Å². The van der Waals surface area contributed by atoms with E-state index in [4.69, 9.17) is 4.74 Å². The highest BCUT2D eigenvalue weighted by Crippen LogP contribution is 2.31.